The van der Waals surface area contributed by atoms with E-state index in [1.807, 2.05) is 0 Å². The average molecular weight is 304 g/mol. The summed E-state index contributed by atoms with van der Waals surface area (Å²) in [6, 6.07) is 0.331. The minimum Gasteiger partial charge on any atom is -0.407 e. The van der Waals surface area contributed by atoms with Crippen molar-refractivity contribution in [1.29, 1.82) is 0 Å². The number of nitrogens with one attached hydrogen (secondary N) is 2. The molecule has 20 heavy (non-hydrogen) atoms. The summed E-state index contributed by atoms with van der Waals surface area (Å²) in [7, 11) is -1.20. The molecule has 114 valence electrons. The molecule has 0 aromatic carbocycles. The first-order valence-electron chi connectivity index (χ1n) is 6.55. The first-order chi connectivity index (χ1) is 9.59. The lowest BCUT2D eigenvalue weighted by molar-refractivity contribution is 0.198. The fraction of sp³-hybridized carbons (Fsp3) is 0.818. The van der Waals surface area contributed by atoms with Gasteiger partial charge in [0.2, 0.25) is 5.89 Å². The van der Waals surface area contributed by atoms with E-state index in [0.717, 1.165) is 0 Å². The monoisotopic (exact) mass is 304 g/mol. The Bertz CT molecular complexity index is 516. The van der Waals surface area contributed by atoms with Gasteiger partial charge >= 0.3 is 6.01 Å². The summed E-state index contributed by atoms with van der Waals surface area (Å²) >= 11 is 0. The zero-order valence-corrected chi connectivity index (χ0v) is 12.3. The molecule has 1 saturated heterocycles. The van der Waals surface area contributed by atoms with E-state index in [4.69, 9.17) is 9.15 Å². The van der Waals surface area contributed by atoms with Crippen LogP contribution in [-0.4, -0.2) is 56.9 Å². The second-order valence-electron chi connectivity index (χ2n) is 4.82. The van der Waals surface area contributed by atoms with Gasteiger partial charge in [-0.1, -0.05) is 5.10 Å². The molecule has 0 saturated carbocycles. The van der Waals surface area contributed by atoms with Gasteiger partial charge in [0, 0.05) is 20.2 Å². The van der Waals surface area contributed by atoms with Gasteiger partial charge in [-0.15, -0.1) is 5.10 Å². The van der Waals surface area contributed by atoms with E-state index in [9.17, 15) is 8.42 Å². The van der Waals surface area contributed by atoms with Crippen LogP contribution in [0.4, 0.5) is 6.01 Å². The van der Waals surface area contributed by atoms with Crippen molar-refractivity contribution in [3.63, 3.8) is 0 Å². The molecule has 2 rings (SSSR count). The normalized spacial score (nSPS) is 21.1. The van der Waals surface area contributed by atoms with Crippen molar-refractivity contribution in [2.45, 2.75) is 13.0 Å². The molecule has 1 aromatic rings. The van der Waals surface area contributed by atoms with Crippen molar-refractivity contribution in [1.82, 2.24) is 15.5 Å². The molecule has 1 aromatic heterocycles. The molecular formula is C11H20N4O4S. The zero-order valence-electron chi connectivity index (χ0n) is 11.5. The molecule has 0 amide bonds. The second kappa shape index (κ2) is 7.00. The van der Waals surface area contributed by atoms with E-state index in [-0.39, 0.29) is 17.4 Å². The van der Waals surface area contributed by atoms with Gasteiger partial charge in [0.1, 0.15) is 0 Å². The van der Waals surface area contributed by atoms with E-state index in [1.165, 1.54) is 0 Å². The molecule has 0 bridgehead atoms. The molecule has 1 aliphatic rings. The molecule has 9 heteroatoms. The molecule has 0 radical (unpaired) electrons. The van der Waals surface area contributed by atoms with E-state index < -0.39 is 9.84 Å². The highest BCUT2D eigenvalue weighted by molar-refractivity contribution is 7.91. The number of hydrogen-bond donors (Lipinski definition) is 2. The molecule has 0 spiro atoms. The molecule has 1 unspecified atom stereocenters. The van der Waals surface area contributed by atoms with Crippen molar-refractivity contribution in [2.75, 3.05) is 43.6 Å². The molecule has 1 aliphatic heterocycles. The van der Waals surface area contributed by atoms with Gasteiger partial charge in [0.15, 0.2) is 9.84 Å². The maximum atomic E-state index is 11.3. The maximum absolute atomic E-state index is 11.3. The topological polar surface area (TPSA) is 106 Å². The SMILES string of the molecule is COCCNCc1nnc(NCC2CCS(=O)(=O)C2)o1. The van der Waals surface area contributed by atoms with Gasteiger partial charge in [-0.05, 0) is 12.3 Å². The fourth-order valence-corrected chi connectivity index (χ4v) is 3.89. The number of rotatable bonds is 8. The van der Waals surface area contributed by atoms with Crippen LogP contribution in [0.2, 0.25) is 0 Å². The molecule has 2 heterocycles. The Morgan fingerprint density at radius 3 is 3.00 bits per heavy atom. The standard InChI is InChI=1S/C11H20N4O4S/c1-18-4-3-12-7-10-14-15-11(19-10)13-6-9-2-5-20(16,17)8-9/h9,12H,2-8H2,1H3,(H,13,15). The van der Waals surface area contributed by atoms with Gasteiger partial charge in [0.05, 0.1) is 24.7 Å². The third-order valence-corrected chi connectivity index (χ3v) is 4.93. The number of ether oxygens (including phenoxy) is 1. The summed E-state index contributed by atoms with van der Waals surface area (Å²) in [5, 5.41) is 13.8. The van der Waals surface area contributed by atoms with Gasteiger partial charge in [-0.25, -0.2) is 8.42 Å². The van der Waals surface area contributed by atoms with E-state index in [0.29, 0.717) is 44.6 Å². The smallest absolute Gasteiger partial charge is 0.315 e. The van der Waals surface area contributed by atoms with Crippen LogP contribution < -0.4 is 10.6 Å². The van der Waals surface area contributed by atoms with Crippen molar-refractivity contribution in [3.8, 4) is 0 Å². The highest BCUT2D eigenvalue weighted by Gasteiger charge is 2.27. The minimum absolute atomic E-state index is 0.121. The number of aromatic nitrogens is 2. The Balaban J connectivity index is 1.70. The molecule has 8 nitrogen and oxygen atoms in total. The van der Waals surface area contributed by atoms with E-state index in [1.54, 1.807) is 7.11 Å². The number of hydrogen-bond acceptors (Lipinski definition) is 8. The van der Waals surface area contributed by atoms with Crippen LogP contribution in [-0.2, 0) is 21.1 Å². The van der Waals surface area contributed by atoms with Gasteiger partial charge in [0.25, 0.3) is 0 Å². The summed E-state index contributed by atoms with van der Waals surface area (Å²) in [5.41, 5.74) is 0. The zero-order chi connectivity index (χ0) is 14.4. The Labute approximate surface area is 118 Å². The molecule has 1 atom stereocenters. The van der Waals surface area contributed by atoms with Crippen LogP contribution in [0.25, 0.3) is 0 Å². The highest BCUT2D eigenvalue weighted by atomic mass is 32.2. The number of anilines is 1. The van der Waals surface area contributed by atoms with Crippen molar-refractivity contribution >= 4 is 15.9 Å². The lowest BCUT2D eigenvalue weighted by Gasteiger charge is -2.06. The van der Waals surface area contributed by atoms with Gasteiger partial charge in [-0.2, -0.15) is 0 Å². The van der Waals surface area contributed by atoms with Gasteiger partial charge in [-0.3, -0.25) is 0 Å². The van der Waals surface area contributed by atoms with Crippen LogP contribution in [0.3, 0.4) is 0 Å². The lowest BCUT2D eigenvalue weighted by Crippen LogP contribution is -2.18. The maximum Gasteiger partial charge on any atom is 0.315 e. The summed E-state index contributed by atoms with van der Waals surface area (Å²) in [4.78, 5) is 0. The summed E-state index contributed by atoms with van der Waals surface area (Å²) in [6.45, 7) is 2.35. The molecule has 2 N–H and O–H groups in total. The van der Waals surface area contributed by atoms with Crippen LogP contribution in [0.15, 0.2) is 4.42 Å². The fourth-order valence-electron chi connectivity index (χ4n) is 2.03. The van der Waals surface area contributed by atoms with Crippen molar-refractivity contribution in [3.05, 3.63) is 5.89 Å². The Kier molecular flexibility index (Phi) is 5.32. The van der Waals surface area contributed by atoms with Crippen molar-refractivity contribution in [2.24, 2.45) is 5.92 Å². The predicted molar refractivity (Wildman–Crippen MR) is 73.1 cm³/mol. The number of methoxy groups -OCH3 is 1. The summed E-state index contributed by atoms with van der Waals surface area (Å²) in [5.74, 6) is 1.12. The van der Waals surface area contributed by atoms with E-state index in [2.05, 4.69) is 20.8 Å². The predicted octanol–water partition coefficient (Wildman–Crippen LogP) is -0.348. The van der Waals surface area contributed by atoms with Crippen LogP contribution in [0.1, 0.15) is 12.3 Å². The third-order valence-electron chi connectivity index (χ3n) is 3.09. The number of nitrogens with zero attached hydrogens (tertiary/aromatic N) is 2. The Morgan fingerprint density at radius 2 is 2.30 bits per heavy atom. The summed E-state index contributed by atoms with van der Waals surface area (Å²) in [6.07, 6.45) is 0.689. The first kappa shape index (κ1) is 15.2. The quantitative estimate of drug-likeness (QED) is 0.628. The highest BCUT2D eigenvalue weighted by Crippen LogP contribution is 2.18. The van der Waals surface area contributed by atoms with Crippen LogP contribution >= 0.6 is 0 Å². The van der Waals surface area contributed by atoms with Crippen LogP contribution in [0, 0.1) is 5.92 Å². The number of sulfone groups is 1. The minimum atomic E-state index is -2.84. The molecule has 1 fully saturated rings. The Morgan fingerprint density at radius 1 is 1.45 bits per heavy atom. The lowest BCUT2D eigenvalue weighted by atomic mass is 10.1. The largest absolute Gasteiger partial charge is 0.407 e. The molecule has 0 aliphatic carbocycles. The molecular weight excluding hydrogens is 284 g/mol. The Hall–Kier alpha value is -1.19. The second-order valence-corrected chi connectivity index (χ2v) is 7.05. The van der Waals surface area contributed by atoms with Crippen molar-refractivity contribution < 1.29 is 17.6 Å². The average Bonchev–Trinajstić information content (AvgIpc) is 2.99. The third kappa shape index (κ3) is 4.73. The van der Waals surface area contributed by atoms with E-state index >= 15 is 0 Å². The first-order valence-corrected chi connectivity index (χ1v) is 8.37. The van der Waals surface area contributed by atoms with Gasteiger partial charge < -0.3 is 19.8 Å². The van der Waals surface area contributed by atoms with Crippen LogP contribution in [0.5, 0.6) is 0 Å². The summed E-state index contributed by atoms with van der Waals surface area (Å²) < 4.78 is 33.0.